The highest BCUT2D eigenvalue weighted by Gasteiger charge is 2.48. The van der Waals surface area contributed by atoms with Gasteiger partial charge in [0.15, 0.2) is 0 Å². The van der Waals surface area contributed by atoms with Gasteiger partial charge in [-0.3, -0.25) is 19.5 Å². The lowest BCUT2D eigenvalue weighted by atomic mass is 9.84. The van der Waals surface area contributed by atoms with Gasteiger partial charge in [-0.25, -0.2) is 4.98 Å². The van der Waals surface area contributed by atoms with Crippen molar-refractivity contribution < 1.29 is 19.4 Å². The van der Waals surface area contributed by atoms with Crippen LogP contribution in [-0.2, 0) is 15.0 Å². The Balaban J connectivity index is 1.72. The van der Waals surface area contributed by atoms with Crippen LogP contribution in [0.3, 0.4) is 0 Å². The Morgan fingerprint density at radius 2 is 1.89 bits per heavy atom. The van der Waals surface area contributed by atoms with E-state index >= 15 is 0 Å². The second-order valence-electron chi connectivity index (χ2n) is 10.2. The predicted octanol–water partition coefficient (Wildman–Crippen LogP) is 5.20. The normalized spacial score (nSPS) is 17.5. The first-order chi connectivity index (χ1) is 17.6. The highest BCUT2D eigenvalue weighted by atomic mass is 16.5. The maximum absolute atomic E-state index is 13.5. The average molecular weight is 497 g/mol. The summed E-state index contributed by atoms with van der Waals surface area (Å²) in [4.78, 5) is 40.2. The number of rotatable bonds is 4. The molecule has 1 amide bonds. The number of ketones is 1. The van der Waals surface area contributed by atoms with Gasteiger partial charge in [0, 0.05) is 23.5 Å². The van der Waals surface area contributed by atoms with Gasteiger partial charge in [0.25, 0.3) is 5.78 Å². The summed E-state index contributed by atoms with van der Waals surface area (Å²) < 4.78 is 5.53. The predicted molar refractivity (Wildman–Crippen MR) is 142 cm³/mol. The summed E-state index contributed by atoms with van der Waals surface area (Å²) in [6.45, 7) is 8.06. The molecule has 1 fully saturated rings. The second-order valence-corrected chi connectivity index (χ2v) is 10.2. The molecule has 1 unspecified atom stereocenters. The van der Waals surface area contributed by atoms with Crippen molar-refractivity contribution in [3.05, 3.63) is 88.8 Å². The number of H-pyrrole nitrogens is 1. The van der Waals surface area contributed by atoms with Crippen LogP contribution in [0.15, 0.2) is 66.5 Å². The standard InChI is InChI=1S/C29H28N4O4/c1-16-8-10-20-21(13-16)32-28(31-20)33-24(18-7-6-12-30-15-18)23(26(35)27(33)36)25(34)17-9-11-22(37-5)19(14-17)29(2,3)4/h6-15,24,34H,1-5H3,(H,31,32)/b25-23+. The summed E-state index contributed by atoms with van der Waals surface area (Å²) in [5, 5.41) is 11.5. The van der Waals surface area contributed by atoms with Crippen molar-refractivity contribution in [2.45, 2.75) is 39.2 Å². The molecule has 0 bridgehead atoms. The highest BCUT2D eigenvalue weighted by molar-refractivity contribution is 6.51. The van der Waals surface area contributed by atoms with Gasteiger partial charge in [-0.2, -0.15) is 0 Å². The molecule has 0 aliphatic carbocycles. The van der Waals surface area contributed by atoms with E-state index in [1.807, 2.05) is 45.9 Å². The molecule has 1 saturated heterocycles. The molecule has 8 heteroatoms. The lowest BCUT2D eigenvalue weighted by molar-refractivity contribution is -0.132. The number of benzene rings is 2. The van der Waals surface area contributed by atoms with Crippen LogP contribution in [0.1, 0.15) is 49.1 Å². The van der Waals surface area contributed by atoms with Crippen LogP contribution in [-0.4, -0.2) is 38.9 Å². The number of amides is 1. The molecule has 37 heavy (non-hydrogen) atoms. The summed E-state index contributed by atoms with van der Waals surface area (Å²) in [6.07, 6.45) is 3.19. The van der Waals surface area contributed by atoms with Gasteiger partial charge in [0.05, 0.1) is 29.8 Å². The molecule has 4 aromatic rings. The van der Waals surface area contributed by atoms with E-state index in [4.69, 9.17) is 4.74 Å². The molecule has 2 aromatic carbocycles. The minimum Gasteiger partial charge on any atom is -0.507 e. The number of Topliss-reactive ketones (excluding diaryl/α,β-unsaturated/α-hetero) is 1. The molecule has 5 rings (SSSR count). The van der Waals surface area contributed by atoms with Gasteiger partial charge in [-0.05, 0) is 59.9 Å². The Hall–Kier alpha value is -4.46. The third-order valence-corrected chi connectivity index (χ3v) is 6.58. The molecular weight excluding hydrogens is 468 g/mol. The lowest BCUT2D eigenvalue weighted by Gasteiger charge is -2.24. The summed E-state index contributed by atoms with van der Waals surface area (Å²) in [5.41, 5.74) is 3.97. The van der Waals surface area contributed by atoms with Crippen molar-refractivity contribution in [1.82, 2.24) is 15.0 Å². The number of aliphatic hydroxyl groups excluding tert-OH is 1. The zero-order chi connectivity index (χ0) is 26.5. The Morgan fingerprint density at radius 1 is 1.11 bits per heavy atom. The topological polar surface area (TPSA) is 108 Å². The summed E-state index contributed by atoms with van der Waals surface area (Å²) in [6, 6.07) is 13.5. The van der Waals surface area contributed by atoms with Crippen LogP contribution in [0.25, 0.3) is 16.8 Å². The Bertz CT molecular complexity index is 1560. The van der Waals surface area contributed by atoms with Crippen LogP contribution >= 0.6 is 0 Å². The zero-order valence-corrected chi connectivity index (χ0v) is 21.4. The number of aliphatic hydroxyl groups is 1. The van der Waals surface area contributed by atoms with Crippen LogP contribution in [0.2, 0.25) is 0 Å². The van der Waals surface area contributed by atoms with Crippen molar-refractivity contribution in [3.63, 3.8) is 0 Å². The third kappa shape index (κ3) is 4.14. The molecule has 1 aliphatic rings. The molecule has 0 spiro atoms. The number of carbonyl (C=O) groups is 2. The molecule has 8 nitrogen and oxygen atoms in total. The molecule has 2 N–H and O–H groups in total. The maximum atomic E-state index is 13.5. The molecule has 3 heterocycles. The highest BCUT2D eigenvalue weighted by Crippen LogP contribution is 2.42. The van der Waals surface area contributed by atoms with E-state index in [0.29, 0.717) is 22.4 Å². The fourth-order valence-corrected chi connectivity index (χ4v) is 4.73. The molecule has 1 aliphatic heterocycles. The van der Waals surface area contributed by atoms with Gasteiger partial charge in [-0.1, -0.05) is 32.9 Å². The number of aryl methyl sites for hydroxylation is 1. The number of methoxy groups -OCH3 is 1. The van der Waals surface area contributed by atoms with Crippen molar-refractivity contribution in [3.8, 4) is 5.75 Å². The Labute approximate surface area is 214 Å². The van der Waals surface area contributed by atoms with Crippen LogP contribution in [0.4, 0.5) is 5.95 Å². The third-order valence-electron chi connectivity index (χ3n) is 6.58. The quantitative estimate of drug-likeness (QED) is 0.228. The number of hydrogen-bond acceptors (Lipinski definition) is 6. The number of carbonyl (C=O) groups excluding carboxylic acids is 2. The molecule has 0 radical (unpaired) electrons. The average Bonchev–Trinajstić information content (AvgIpc) is 3.40. The van der Waals surface area contributed by atoms with E-state index in [1.165, 1.54) is 4.90 Å². The number of anilines is 1. The molecule has 188 valence electrons. The smallest absolute Gasteiger partial charge is 0.302 e. The molecule has 2 aromatic heterocycles. The first-order valence-electron chi connectivity index (χ1n) is 12.0. The SMILES string of the molecule is COc1ccc(/C(O)=C2\C(=O)C(=O)N(c3nc4ccc(C)cc4[nH]3)C2c2cccnc2)cc1C(C)(C)C. The minimum atomic E-state index is -0.921. The van der Waals surface area contributed by atoms with E-state index in [-0.39, 0.29) is 22.7 Å². The summed E-state index contributed by atoms with van der Waals surface area (Å²) in [7, 11) is 1.59. The number of aromatic nitrogens is 3. The number of aromatic amines is 1. The minimum absolute atomic E-state index is 0.0281. The van der Waals surface area contributed by atoms with E-state index in [1.54, 1.807) is 49.8 Å². The van der Waals surface area contributed by atoms with Gasteiger partial charge < -0.3 is 14.8 Å². The zero-order valence-electron chi connectivity index (χ0n) is 21.4. The number of nitrogens with one attached hydrogen (secondary N) is 1. The second kappa shape index (κ2) is 8.89. The van der Waals surface area contributed by atoms with E-state index < -0.39 is 17.7 Å². The van der Waals surface area contributed by atoms with E-state index in [9.17, 15) is 14.7 Å². The van der Waals surface area contributed by atoms with Crippen molar-refractivity contribution >= 4 is 34.4 Å². The van der Waals surface area contributed by atoms with Crippen LogP contribution in [0, 0.1) is 6.92 Å². The van der Waals surface area contributed by atoms with Gasteiger partial charge in [0.1, 0.15) is 11.5 Å². The summed E-state index contributed by atoms with van der Waals surface area (Å²) >= 11 is 0. The van der Waals surface area contributed by atoms with Gasteiger partial charge >= 0.3 is 5.91 Å². The number of imidazole rings is 1. The van der Waals surface area contributed by atoms with Crippen LogP contribution < -0.4 is 9.64 Å². The Morgan fingerprint density at radius 3 is 2.57 bits per heavy atom. The number of ether oxygens (including phenoxy) is 1. The monoisotopic (exact) mass is 496 g/mol. The maximum Gasteiger partial charge on any atom is 0.302 e. The van der Waals surface area contributed by atoms with Crippen LogP contribution in [0.5, 0.6) is 5.75 Å². The van der Waals surface area contributed by atoms with Crippen molar-refractivity contribution in [2.24, 2.45) is 0 Å². The van der Waals surface area contributed by atoms with Crippen molar-refractivity contribution in [2.75, 3.05) is 12.0 Å². The lowest BCUT2D eigenvalue weighted by Crippen LogP contribution is -2.30. The number of nitrogens with zero attached hydrogens (tertiary/aromatic N) is 3. The fraction of sp³-hybridized carbons (Fsp3) is 0.241. The first-order valence-corrected chi connectivity index (χ1v) is 12.0. The van der Waals surface area contributed by atoms with E-state index in [2.05, 4.69) is 15.0 Å². The molecular formula is C29H28N4O4. The molecule has 1 atom stereocenters. The number of hydrogen-bond donors (Lipinski definition) is 2. The number of pyridine rings is 1. The first kappa shape index (κ1) is 24.2. The van der Waals surface area contributed by atoms with Gasteiger partial charge in [0.2, 0.25) is 5.95 Å². The largest absolute Gasteiger partial charge is 0.507 e. The van der Waals surface area contributed by atoms with Crippen molar-refractivity contribution in [1.29, 1.82) is 0 Å². The summed E-state index contributed by atoms with van der Waals surface area (Å²) in [5.74, 6) is -0.951. The number of fused-ring (bicyclic) bond motifs is 1. The van der Waals surface area contributed by atoms with Gasteiger partial charge in [-0.15, -0.1) is 0 Å². The fourth-order valence-electron chi connectivity index (χ4n) is 4.73. The van der Waals surface area contributed by atoms with E-state index in [0.717, 1.165) is 16.6 Å². The molecule has 0 saturated carbocycles. The Kier molecular flexibility index (Phi) is 5.82.